The Balaban J connectivity index is 1.46. The van der Waals surface area contributed by atoms with Crippen molar-refractivity contribution >= 4 is 38.9 Å². The molecule has 0 bridgehead atoms. The molecule has 0 unspecified atom stereocenters. The van der Waals surface area contributed by atoms with Crippen molar-refractivity contribution in [2.75, 3.05) is 4.72 Å². The lowest BCUT2D eigenvalue weighted by atomic mass is 10.2. The maximum Gasteiger partial charge on any atom is 0.263 e. The Morgan fingerprint density at radius 2 is 1.67 bits per heavy atom. The highest BCUT2D eigenvalue weighted by Gasteiger charge is 2.19. The van der Waals surface area contributed by atoms with Crippen molar-refractivity contribution in [2.45, 2.75) is 25.7 Å². The predicted octanol–water partition coefficient (Wildman–Crippen LogP) is 5.49. The van der Waals surface area contributed by atoms with Gasteiger partial charge in [-0.1, -0.05) is 23.2 Å². The summed E-state index contributed by atoms with van der Waals surface area (Å²) >= 11 is 11.9. The van der Waals surface area contributed by atoms with Crippen LogP contribution in [0.15, 0.2) is 59.5 Å². The van der Waals surface area contributed by atoms with Crippen LogP contribution in [0.2, 0.25) is 10.0 Å². The van der Waals surface area contributed by atoms with Gasteiger partial charge in [0.2, 0.25) is 5.88 Å². The van der Waals surface area contributed by atoms with Gasteiger partial charge in [-0.15, -0.1) is 10.2 Å². The molecule has 2 heterocycles. The van der Waals surface area contributed by atoms with Gasteiger partial charge in [0, 0.05) is 22.5 Å². The molecule has 2 aromatic carbocycles. The minimum Gasteiger partial charge on any atom is -0.438 e. The zero-order valence-corrected chi connectivity index (χ0v) is 20.2. The van der Waals surface area contributed by atoms with E-state index < -0.39 is 10.0 Å². The summed E-state index contributed by atoms with van der Waals surface area (Å²) in [7, 11) is -3.91. The fraction of sp³-hybridized carbons (Fsp3) is 0.136. The number of benzene rings is 2. The first kappa shape index (κ1) is 23.0. The second kappa shape index (κ2) is 9.01. The SMILES string of the molecule is Cc1nn(-c2ccc(Oc3ccc(NS(=O)(=O)c4cc(Cl)ccc4Cl)cc3)nn2)c(C)c1C. The summed E-state index contributed by atoms with van der Waals surface area (Å²) in [6.45, 7) is 5.92. The Labute approximate surface area is 201 Å². The molecule has 0 aliphatic heterocycles. The number of sulfonamides is 1. The van der Waals surface area contributed by atoms with Crippen molar-refractivity contribution < 1.29 is 13.2 Å². The fourth-order valence-electron chi connectivity index (χ4n) is 3.03. The Morgan fingerprint density at radius 3 is 2.27 bits per heavy atom. The number of nitrogens with one attached hydrogen (secondary N) is 1. The second-order valence-electron chi connectivity index (χ2n) is 7.24. The van der Waals surface area contributed by atoms with E-state index in [1.165, 1.54) is 18.2 Å². The molecule has 0 aliphatic rings. The second-order valence-corrected chi connectivity index (χ2v) is 9.74. The maximum absolute atomic E-state index is 12.6. The average Bonchev–Trinajstić information content (AvgIpc) is 3.04. The highest BCUT2D eigenvalue weighted by atomic mass is 35.5. The molecule has 4 rings (SSSR count). The summed E-state index contributed by atoms with van der Waals surface area (Å²) in [6.07, 6.45) is 0. The lowest BCUT2D eigenvalue weighted by Crippen LogP contribution is -2.13. The van der Waals surface area contributed by atoms with Crippen molar-refractivity contribution in [3.05, 3.63) is 81.6 Å². The molecule has 8 nitrogen and oxygen atoms in total. The van der Waals surface area contributed by atoms with Crippen LogP contribution in [-0.2, 0) is 10.0 Å². The third-order valence-corrected chi connectivity index (χ3v) is 7.11. The monoisotopic (exact) mass is 503 g/mol. The predicted molar refractivity (Wildman–Crippen MR) is 127 cm³/mol. The van der Waals surface area contributed by atoms with E-state index in [9.17, 15) is 8.42 Å². The summed E-state index contributed by atoms with van der Waals surface area (Å²) in [5.74, 6) is 1.33. The van der Waals surface area contributed by atoms with Crippen molar-refractivity contribution in [1.29, 1.82) is 0 Å². The van der Waals surface area contributed by atoms with Crippen molar-refractivity contribution in [1.82, 2.24) is 20.0 Å². The van der Waals surface area contributed by atoms with E-state index in [0.717, 1.165) is 17.0 Å². The van der Waals surface area contributed by atoms with E-state index >= 15 is 0 Å². The summed E-state index contributed by atoms with van der Waals surface area (Å²) in [5, 5.41) is 13.1. The first-order valence-electron chi connectivity index (χ1n) is 9.77. The van der Waals surface area contributed by atoms with Gasteiger partial charge in [-0.3, -0.25) is 4.72 Å². The number of rotatable bonds is 6. The Bertz CT molecular complexity index is 1420. The minimum absolute atomic E-state index is 0.0736. The van der Waals surface area contributed by atoms with E-state index in [1.807, 2.05) is 20.8 Å². The molecule has 0 aliphatic carbocycles. The zero-order valence-electron chi connectivity index (χ0n) is 17.9. The number of halogens is 2. The van der Waals surface area contributed by atoms with Crippen LogP contribution in [0.4, 0.5) is 5.69 Å². The molecule has 0 saturated carbocycles. The summed E-state index contributed by atoms with van der Waals surface area (Å²) in [4.78, 5) is -0.106. The normalized spacial score (nSPS) is 11.4. The average molecular weight is 504 g/mol. The molecule has 4 aromatic rings. The largest absolute Gasteiger partial charge is 0.438 e. The van der Waals surface area contributed by atoms with E-state index in [2.05, 4.69) is 20.0 Å². The van der Waals surface area contributed by atoms with Crippen LogP contribution >= 0.6 is 23.2 Å². The molecule has 0 saturated heterocycles. The number of ether oxygens (including phenoxy) is 1. The van der Waals surface area contributed by atoms with Gasteiger partial charge in [-0.05, 0) is 74.9 Å². The third-order valence-electron chi connectivity index (χ3n) is 5.01. The van der Waals surface area contributed by atoms with Crippen LogP contribution in [0.3, 0.4) is 0 Å². The number of anilines is 1. The fourth-order valence-corrected chi connectivity index (χ4v) is 4.85. The van der Waals surface area contributed by atoms with Gasteiger partial charge in [-0.2, -0.15) is 5.10 Å². The Hall–Kier alpha value is -3.14. The van der Waals surface area contributed by atoms with Crippen LogP contribution in [0.25, 0.3) is 5.82 Å². The van der Waals surface area contributed by atoms with Gasteiger partial charge < -0.3 is 4.74 Å². The van der Waals surface area contributed by atoms with Crippen LogP contribution in [0.5, 0.6) is 11.6 Å². The van der Waals surface area contributed by atoms with Crippen molar-refractivity contribution in [3.8, 4) is 17.4 Å². The highest BCUT2D eigenvalue weighted by molar-refractivity contribution is 7.92. The van der Waals surface area contributed by atoms with Gasteiger partial charge in [0.05, 0.1) is 10.7 Å². The minimum atomic E-state index is -3.91. The van der Waals surface area contributed by atoms with Gasteiger partial charge >= 0.3 is 0 Å². The molecule has 0 spiro atoms. The molecule has 0 atom stereocenters. The van der Waals surface area contributed by atoms with Gasteiger partial charge in [-0.25, -0.2) is 13.1 Å². The van der Waals surface area contributed by atoms with Crippen LogP contribution in [0.1, 0.15) is 17.0 Å². The Morgan fingerprint density at radius 1 is 0.939 bits per heavy atom. The van der Waals surface area contributed by atoms with E-state index in [-0.39, 0.29) is 20.8 Å². The molecular formula is C22H19Cl2N5O3S. The van der Waals surface area contributed by atoms with E-state index in [1.54, 1.807) is 41.1 Å². The molecule has 0 radical (unpaired) electrons. The van der Waals surface area contributed by atoms with E-state index in [0.29, 0.717) is 17.3 Å². The number of hydrogen-bond donors (Lipinski definition) is 1. The van der Waals surface area contributed by atoms with E-state index in [4.69, 9.17) is 27.9 Å². The molecule has 1 N–H and O–H groups in total. The molecule has 0 fully saturated rings. The summed E-state index contributed by atoms with van der Waals surface area (Å²) < 4.78 is 35.2. The smallest absolute Gasteiger partial charge is 0.263 e. The molecule has 11 heteroatoms. The van der Waals surface area contributed by atoms with Crippen LogP contribution < -0.4 is 9.46 Å². The molecule has 170 valence electrons. The summed E-state index contributed by atoms with van der Waals surface area (Å²) in [6, 6.07) is 14.0. The van der Waals surface area contributed by atoms with Crippen molar-refractivity contribution in [2.24, 2.45) is 0 Å². The van der Waals surface area contributed by atoms with Gasteiger partial charge in [0.15, 0.2) is 5.82 Å². The number of aromatic nitrogens is 4. The third kappa shape index (κ3) is 4.95. The molecule has 33 heavy (non-hydrogen) atoms. The highest BCUT2D eigenvalue weighted by Crippen LogP contribution is 2.28. The van der Waals surface area contributed by atoms with Crippen LogP contribution in [-0.4, -0.2) is 28.4 Å². The van der Waals surface area contributed by atoms with Gasteiger partial charge in [0.25, 0.3) is 10.0 Å². The van der Waals surface area contributed by atoms with Crippen molar-refractivity contribution in [3.63, 3.8) is 0 Å². The Kier molecular flexibility index (Phi) is 6.29. The zero-order chi connectivity index (χ0) is 23.8. The van der Waals surface area contributed by atoms with Gasteiger partial charge in [0.1, 0.15) is 10.6 Å². The topological polar surface area (TPSA) is 99.0 Å². The summed E-state index contributed by atoms with van der Waals surface area (Å²) in [5.41, 5.74) is 3.36. The first-order chi connectivity index (χ1) is 15.6. The molecule has 0 amide bonds. The number of hydrogen-bond acceptors (Lipinski definition) is 6. The number of aryl methyl sites for hydroxylation is 1. The number of nitrogens with zero attached hydrogens (tertiary/aromatic N) is 4. The molecular weight excluding hydrogens is 485 g/mol. The lowest BCUT2D eigenvalue weighted by Gasteiger charge is -2.11. The quantitative estimate of drug-likeness (QED) is 0.373. The maximum atomic E-state index is 12.6. The standard InChI is InChI=1S/C22H19Cl2N5O3S/c1-13-14(2)27-29(15(13)3)21-10-11-22(26-25-21)32-18-7-5-17(6-8-18)28-33(30,31)20-12-16(23)4-9-19(20)24/h4-12,28H,1-3H3. The lowest BCUT2D eigenvalue weighted by molar-refractivity contribution is 0.454. The first-order valence-corrected chi connectivity index (χ1v) is 12.0. The molecule has 2 aromatic heterocycles. The van der Waals surface area contributed by atoms with Crippen LogP contribution in [0, 0.1) is 20.8 Å².